The number of aryl methyl sites for hydroxylation is 1. The fourth-order valence-electron chi connectivity index (χ4n) is 3.86. The minimum absolute atomic E-state index is 0.0532. The van der Waals surface area contributed by atoms with Crippen molar-refractivity contribution in [1.82, 2.24) is 10.2 Å². The third-order valence-electron chi connectivity index (χ3n) is 5.86. The molecule has 9 heteroatoms. The molecule has 0 radical (unpaired) electrons. The molecule has 0 unspecified atom stereocenters. The minimum Gasteiger partial charge on any atom is -0.357 e. The predicted octanol–water partition coefficient (Wildman–Crippen LogP) is 4.40. The van der Waals surface area contributed by atoms with Gasteiger partial charge in [0.15, 0.2) is 0 Å². The number of likely N-dealkylation sites (N-methyl/N-ethyl adjacent to an activating group) is 1. The summed E-state index contributed by atoms with van der Waals surface area (Å²) in [7, 11) is -2.58. The minimum atomic E-state index is -4.08. The van der Waals surface area contributed by atoms with E-state index in [1.54, 1.807) is 73.7 Å². The van der Waals surface area contributed by atoms with Crippen molar-refractivity contribution in [1.29, 1.82) is 0 Å². The average Bonchev–Trinajstić information content (AvgIpc) is 2.88. The summed E-state index contributed by atoms with van der Waals surface area (Å²) in [5.74, 6) is -0.865. The van der Waals surface area contributed by atoms with Crippen LogP contribution < -0.4 is 9.62 Å². The van der Waals surface area contributed by atoms with Crippen LogP contribution in [0.15, 0.2) is 83.8 Å². The van der Waals surface area contributed by atoms with Gasteiger partial charge in [0, 0.05) is 18.6 Å². The number of sulfonamides is 1. The predicted molar refractivity (Wildman–Crippen MR) is 142 cm³/mol. The number of hydrogen-bond acceptors (Lipinski definition) is 4. The summed E-state index contributed by atoms with van der Waals surface area (Å²) in [6.45, 7) is 3.23. The van der Waals surface area contributed by atoms with E-state index in [1.165, 1.54) is 24.1 Å². The lowest BCUT2D eigenvalue weighted by Gasteiger charge is -2.33. The molecule has 0 bridgehead atoms. The highest BCUT2D eigenvalue weighted by Gasteiger charge is 2.33. The zero-order chi connectivity index (χ0) is 26.3. The lowest BCUT2D eigenvalue weighted by molar-refractivity contribution is -0.140. The van der Waals surface area contributed by atoms with Gasteiger partial charge in [-0.05, 0) is 49.2 Å². The Hall–Kier alpha value is -3.36. The lowest BCUT2D eigenvalue weighted by atomic mass is 10.1. The molecule has 3 aromatic carbocycles. The van der Waals surface area contributed by atoms with Gasteiger partial charge in [-0.25, -0.2) is 8.42 Å². The number of nitrogens with zero attached hydrogens (tertiary/aromatic N) is 2. The number of nitrogens with one attached hydrogen (secondary N) is 1. The quantitative estimate of drug-likeness (QED) is 0.423. The van der Waals surface area contributed by atoms with E-state index < -0.39 is 28.5 Å². The van der Waals surface area contributed by atoms with Gasteiger partial charge in [0.25, 0.3) is 10.0 Å². The highest BCUT2D eigenvalue weighted by molar-refractivity contribution is 7.92. The van der Waals surface area contributed by atoms with E-state index in [0.717, 1.165) is 9.87 Å². The number of hydrogen-bond donors (Lipinski definition) is 1. The van der Waals surface area contributed by atoms with Crippen molar-refractivity contribution in [2.45, 2.75) is 37.8 Å². The van der Waals surface area contributed by atoms with Crippen molar-refractivity contribution in [3.05, 3.63) is 95.0 Å². The molecule has 0 aromatic heterocycles. The molecule has 0 aliphatic heterocycles. The molecule has 0 heterocycles. The molecule has 7 nitrogen and oxygen atoms in total. The number of carbonyl (C=O) groups is 2. The molecule has 0 saturated heterocycles. The number of halogens is 1. The normalized spacial score (nSPS) is 12.0. The average molecular weight is 528 g/mol. The highest BCUT2D eigenvalue weighted by Crippen LogP contribution is 2.25. The fourth-order valence-corrected chi connectivity index (χ4v) is 5.47. The molecule has 2 amide bonds. The van der Waals surface area contributed by atoms with Crippen molar-refractivity contribution < 1.29 is 18.0 Å². The van der Waals surface area contributed by atoms with Crippen LogP contribution in [0.4, 0.5) is 5.69 Å². The van der Waals surface area contributed by atoms with E-state index in [9.17, 15) is 18.0 Å². The number of para-hydroxylation sites is 1. The Morgan fingerprint density at radius 2 is 1.56 bits per heavy atom. The van der Waals surface area contributed by atoms with Crippen LogP contribution in [0.2, 0.25) is 5.02 Å². The first-order chi connectivity index (χ1) is 17.2. The summed E-state index contributed by atoms with van der Waals surface area (Å²) in [6, 6.07) is 21.1. The van der Waals surface area contributed by atoms with Gasteiger partial charge in [-0.15, -0.1) is 0 Å². The Balaban J connectivity index is 2.04. The van der Waals surface area contributed by atoms with Crippen molar-refractivity contribution in [2.24, 2.45) is 0 Å². The summed E-state index contributed by atoms with van der Waals surface area (Å²) in [5.41, 5.74) is 1.92. The first-order valence-corrected chi connectivity index (χ1v) is 13.4. The van der Waals surface area contributed by atoms with Crippen LogP contribution in [0.3, 0.4) is 0 Å². The molecule has 0 aliphatic carbocycles. The molecular weight excluding hydrogens is 498 g/mol. The third kappa shape index (κ3) is 6.25. The van der Waals surface area contributed by atoms with Crippen LogP contribution in [0.1, 0.15) is 24.5 Å². The van der Waals surface area contributed by atoms with Crippen LogP contribution in [0.25, 0.3) is 0 Å². The van der Waals surface area contributed by atoms with Gasteiger partial charge in [0.05, 0.1) is 10.6 Å². The van der Waals surface area contributed by atoms with Crippen molar-refractivity contribution in [3.63, 3.8) is 0 Å². The Labute approximate surface area is 217 Å². The summed E-state index contributed by atoms with van der Waals surface area (Å²) in [6.07, 6.45) is 0.339. The van der Waals surface area contributed by atoms with Gasteiger partial charge < -0.3 is 10.2 Å². The number of amides is 2. The van der Waals surface area contributed by atoms with E-state index >= 15 is 0 Å². The number of rotatable bonds is 10. The van der Waals surface area contributed by atoms with Gasteiger partial charge in [0.1, 0.15) is 12.6 Å². The topological polar surface area (TPSA) is 86.8 Å². The molecular formula is C27H30ClN3O4S. The summed E-state index contributed by atoms with van der Waals surface area (Å²) >= 11 is 6.36. The number of benzene rings is 3. The number of carbonyl (C=O) groups excluding carboxylic acids is 2. The highest BCUT2D eigenvalue weighted by atomic mass is 35.5. The molecule has 190 valence electrons. The maximum absolute atomic E-state index is 13.8. The summed E-state index contributed by atoms with van der Waals surface area (Å²) in [4.78, 5) is 28.0. The van der Waals surface area contributed by atoms with E-state index in [4.69, 9.17) is 11.6 Å². The van der Waals surface area contributed by atoms with Crippen molar-refractivity contribution in [3.8, 4) is 0 Å². The zero-order valence-electron chi connectivity index (χ0n) is 20.5. The molecule has 3 rings (SSSR count). The van der Waals surface area contributed by atoms with Gasteiger partial charge in [-0.3, -0.25) is 13.9 Å². The molecule has 0 spiro atoms. The van der Waals surface area contributed by atoms with Crippen LogP contribution >= 0.6 is 11.6 Å². The maximum Gasteiger partial charge on any atom is 0.264 e. The molecule has 0 saturated carbocycles. The van der Waals surface area contributed by atoms with Crippen LogP contribution in [-0.2, 0) is 26.2 Å². The van der Waals surface area contributed by atoms with Crippen LogP contribution in [0.5, 0.6) is 0 Å². The monoisotopic (exact) mass is 527 g/mol. The van der Waals surface area contributed by atoms with E-state index in [-0.39, 0.29) is 17.3 Å². The maximum atomic E-state index is 13.8. The second-order valence-corrected chi connectivity index (χ2v) is 10.6. The third-order valence-corrected chi connectivity index (χ3v) is 8.02. The van der Waals surface area contributed by atoms with Crippen LogP contribution in [-0.4, -0.2) is 44.8 Å². The van der Waals surface area contributed by atoms with Gasteiger partial charge >= 0.3 is 0 Å². The Kier molecular flexibility index (Phi) is 9.12. The van der Waals surface area contributed by atoms with E-state index in [0.29, 0.717) is 22.7 Å². The lowest BCUT2D eigenvalue weighted by Crippen LogP contribution is -2.51. The second kappa shape index (κ2) is 12.1. The number of anilines is 1. The second-order valence-electron chi connectivity index (χ2n) is 8.31. The SMILES string of the molecule is CC[C@H](C(=O)NC)N(Cc1ccccc1Cl)C(=O)CN(c1ccccc1)S(=O)(=O)c1ccc(C)cc1. The van der Waals surface area contributed by atoms with E-state index in [1.807, 2.05) is 6.92 Å². The fraction of sp³-hybridized carbons (Fsp3) is 0.259. The van der Waals surface area contributed by atoms with E-state index in [2.05, 4.69) is 5.32 Å². The van der Waals surface area contributed by atoms with Gasteiger partial charge in [0.2, 0.25) is 11.8 Å². The zero-order valence-corrected chi connectivity index (χ0v) is 22.1. The largest absolute Gasteiger partial charge is 0.357 e. The molecule has 1 atom stereocenters. The Morgan fingerprint density at radius 3 is 2.14 bits per heavy atom. The Morgan fingerprint density at radius 1 is 0.944 bits per heavy atom. The molecule has 3 aromatic rings. The summed E-state index contributed by atoms with van der Waals surface area (Å²) in [5, 5.41) is 3.05. The molecule has 36 heavy (non-hydrogen) atoms. The van der Waals surface area contributed by atoms with Crippen molar-refractivity contribution >= 4 is 39.1 Å². The first-order valence-electron chi connectivity index (χ1n) is 11.6. The Bertz CT molecular complexity index is 1300. The summed E-state index contributed by atoms with van der Waals surface area (Å²) < 4.78 is 28.5. The smallest absolute Gasteiger partial charge is 0.264 e. The van der Waals surface area contributed by atoms with Gasteiger partial charge in [-0.2, -0.15) is 0 Å². The first kappa shape index (κ1) is 27.2. The molecule has 0 fully saturated rings. The van der Waals surface area contributed by atoms with Gasteiger partial charge in [-0.1, -0.05) is 72.6 Å². The van der Waals surface area contributed by atoms with Crippen LogP contribution in [0, 0.1) is 6.92 Å². The molecule has 1 N–H and O–H groups in total. The van der Waals surface area contributed by atoms with Crippen molar-refractivity contribution in [2.75, 3.05) is 17.9 Å². The molecule has 0 aliphatic rings. The standard InChI is InChI=1S/C27H30ClN3O4S/c1-4-25(27(33)29-3)30(18-21-10-8-9-13-24(21)28)26(32)19-31(22-11-6-5-7-12-22)36(34,35)23-16-14-20(2)15-17-23/h5-17,25H,4,18-19H2,1-3H3,(H,29,33)/t25-/m1/s1.